The Hall–Kier alpha value is -1.49. The molecule has 5 heteroatoms. The Balaban J connectivity index is 0. The number of amides is 1. The normalized spacial score (nSPS) is 20.8. The van der Waals surface area contributed by atoms with Crippen LogP contribution in [0.4, 0.5) is 0 Å². The SMILES string of the molecule is C=C.CC.CC/C1=C(\C)C(=O)NCC/C(C(=O)OC)=C\SC1. The summed E-state index contributed by atoms with van der Waals surface area (Å²) in [6.45, 7) is 14.3. The second-order valence-corrected chi connectivity index (χ2v) is 4.89. The molecule has 0 spiro atoms. The molecule has 0 bridgehead atoms. The number of methoxy groups -OCH3 is 1. The Kier molecular flexibility index (Phi) is 15.0. The topological polar surface area (TPSA) is 55.4 Å². The zero-order valence-electron chi connectivity index (χ0n) is 14.5. The molecule has 1 aliphatic rings. The highest BCUT2D eigenvalue weighted by molar-refractivity contribution is 8.02. The molecule has 0 aromatic rings. The number of carbonyl (C=O) groups is 2. The summed E-state index contributed by atoms with van der Waals surface area (Å²) in [5, 5.41) is 4.66. The number of esters is 1. The lowest BCUT2D eigenvalue weighted by Gasteiger charge is -2.13. The molecule has 0 saturated carbocycles. The molecule has 22 heavy (non-hydrogen) atoms. The molecule has 4 nitrogen and oxygen atoms in total. The Labute approximate surface area is 139 Å². The van der Waals surface area contributed by atoms with E-state index in [0.29, 0.717) is 18.5 Å². The maximum atomic E-state index is 11.8. The van der Waals surface area contributed by atoms with Crippen molar-refractivity contribution in [3.63, 3.8) is 0 Å². The van der Waals surface area contributed by atoms with E-state index in [2.05, 4.69) is 18.5 Å². The molecule has 0 fully saturated rings. The first-order valence-corrected chi connectivity index (χ1v) is 8.50. The van der Waals surface area contributed by atoms with E-state index in [1.807, 2.05) is 33.1 Å². The van der Waals surface area contributed by atoms with Crippen molar-refractivity contribution in [2.45, 2.75) is 40.5 Å². The lowest BCUT2D eigenvalue weighted by molar-refractivity contribution is -0.136. The Morgan fingerprint density at radius 2 is 2.00 bits per heavy atom. The average molecular weight is 327 g/mol. The third-order valence-corrected chi connectivity index (χ3v) is 3.87. The molecular weight excluding hydrogens is 298 g/mol. The molecule has 0 unspecified atom stereocenters. The van der Waals surface area contributed by atoms with Gasteiger partial charge in [0, 0.05) is 23.4 Å². The van der Waals surface area contributed by atoms with Crippen LogP contribution in [0.2, 0.25) is 0 Å². The van der Waals surface area contributed by atoms with Crippen molar-refractivity contribution in [1.82, 2.24) is 5.32 Å². The fraction of sp³-hybridized carbons (Fsp3) is 0.529. The minimum atomic E-state index is -0.323. The molecular formula is C17H29NO3S. The molecule has 1 amide bonds. The van der Waals surface area contributed by atoms with Crippen LogP contribution in [0, 0.1) is 0 Å². The van der Waals surface area contributed by atoms with Gasteiger partial charge >= 0.3 is 5.97 Å². The van der Waals surface area contributed by atoms with E-state index in [1.54, 1.807) is 11.8 Å². The largest absolute Gasteiger partial charge is 0.466 e. The first kappa shape index (κ1) is 22.8. The number of nitrogens with one attached hydrogen (secondary N) is 1. The van der Waals surface area contributed by atoms with Gasteiger partial charge in [0.15, 0.2) is 0 Å². The van der Waals surface area contributed by atoms with E-state index in [1.165, 1.54) is 7.11 Å². The smallest absolute Gasteiger partial charge is 0.334 e. The number of thioether (sulfide) groups is 1. The number of hydrogen-bond acceptors (Lipinski definition) is 4. The van der Waals surface area contributed by atoms with Crippen LogP contribution in [0.3, 0.4) is 0 Å². The zero-order chi connectivity index (χ0) is 17.5. The van der Waals surface area contributed by atoms with Crippen molar-refractivity contribution < 1.29 is 14.3 Å². The van der Waals surface area contributed by atoms with Gasteiger partial charge in [-0.1, -0.05) is 26.3 Å². The predicted molar refractivity (Wildman–Crippen MR) is 95.8 cm³/mol. The molecule has 0 aromatic carbocycles. The molecule has 126 valence electrons. The van der Waals surface area contributed by atoms with Crippen LogP contribution in [0.1, 0.15) is 40.5 Å². The summed E-state index contributed by atoms with van der Waals surface area (Å²) in [5.41, 5.74) is 2.51. The summed E-state index contributed by atoms with van der Waals surface area (Å²) in [5.74, 6) is 0.366. The van der Waals surface area contributed by atoms with Crippen LogP contribution in [-0.2, 0) is 14.3 Å². The van der Waals surface area contributed by atoms with E-state index in [-0.39, 0.29) is 11.9 Å². The Morgan fingerprint density at radius 1 is 1.41 bits per heavy atom. The van der Waals surface area contributed by atoms with Gasteiger partial charge in [-0.25, -0.2) is 4.79 Å². The standard InChI is InChI=1S/C13H19NO3S.C2H6.C2H4/c1-4-10-7-18-8-11(13(16)17-3)5-6-14-12(15)9(10)2;2*1-2/h8H,4-7H2,1-3H3,(H,14,15);1-2H3;1-2H2/b10-9-,11-8+;;. The molecule has 0 radical (unpaired) electrons. The fourth-order valence-electron chi connectivity index (χ4n) is 1.66. The summed E-state index contributed by atoms with van der Waals surface area (Å²) in [7, 11) is 1.37. The van der Waals surface area contributed by atoms with E-state index < -0.39 is 0 Å². The highest BCUT2D eigenvalue weighted by Gasteiger charge is 2.14. The van der Waals surface area contributed by atoms with Gasteiger partial charge in [-0.05, 0) is 25.2 Å². The fourth-order valence-corrected chi connectivity index (χ4v) is 2.78. The molecule has 1 aliphatic heterocycles. The zero-order valence-corrected chi connectivity index (χ0v) is 15.3. The van der Waals surface area contributed by atoms with Crippen LogP contribution < -0.4 is 5.32 Å². The van der Waals surface area contributed by atoms with Gasteiger partial charge in [-0.2, -0.15) is 0 Å². The van der Waals surface area contributed by atoms with Gasteiger partial charge in [0.2, 0.25) is 5.91 Å². The Morgan fingerprint density at radius 3 is 2.50 bits per heavy atom. The highest BCUT2D eigenvalue weighted by Crippen LogP contribution is 2.20. The lowest BCUT2D eigenvalue weighted by atomic mass is 10.1. The van der Waals surface area contributed by atoms with E-state index in [4.69, 9.17) is 4.74 Å². The average Bonchev–Trinajstić information content (AvgIpc) is 2.58. The lowest BCUT2D eigenvalue weighted by Crippen LogP contribution is -2.27. The molecule has 0 aliphatic carbocycles. The molecule has 0 saturated heterocycles. The van der Waals surface area contributed by atoms with Gasteiger partial charge in [-0.3, -0.25) is 4.79 Å². The molecule has 0 atom stereocenters. The summed E-state index contributed by atoms with van der Waals surface area (Å²) in [6, 6.07) is 0. The van der Waals surface area contributed by atoms with Crippen molar-refractivity contribution in [3.05, 3.63) is 35.3 Å². The van der Waals surface area contributed by atoms with Crippen molar-refractivity contribution >= 4 is 23.6 Å². The van der Waals surface area contributed by atoms with Gasteiger partial charge < -0.3 is 10.1 Å². The summed E-state index contributed by atoms with van der Waals surface area (Å²) < 4.78 is 4.71. The summed E-state index contributed by atoms with van der Waals surface area (Å²) in [4.78, 5) is 23.3. The number of ether oxygens (including phenoxy) is 1. The molecule has 1 heterocycles. The highest BCUT2D eigenvalue weighted by atomic mass is 32.2. The van der Waals surface area contributed by atoms with Gasteiger partial charge in [0.05, 0.1) is 7.11 Å². The number of carbonyl (C=O) groups excluding carboxylic acids is 2. The van der Waals surface area contributed by atoms with E-state index in [9.17, 15) is 9.59 Å². The van der Waals surface area contributed by atoms with Crippen LogP contribution in [-0.4, -0.2) is 31.3 Å². The van der Waals surface area contributed by atoms with Crippen molar-refractivity contribution in [2.24, 2.45) is 0 Å². The first-order valence-electron chi connectivity index (χ1n) is 7.45. The maximum Gasteiger partial charge on any atom is 0.334 e. The number of rotatable bonds is 2. The van der Waals surface area contributed by atoms with Gasteiger partial charge in [0.1, 0.15) is 0 Å². The maximum absolute atomic E-state index is 11.8. The summed E-state index contributed by atoms with van der Waals surface area (Å²) >= 11 is 1.54. The Bertz CT molecular complexity index is 414. The third kappa shape index (κ3) is 8.08. The van der Waals surface area contributed by atoms with Crippen molar-refractivity contribution in [2.75, 3.05) is 19.4 Å². The van der Waals surface area contributed by atoms with Crippen molar-refractivity contribution in [1.29, 1.82) is 0 Å². The summed E-state index contributed by atoms with van der Waals surface area (Å²) in [6.07, 6.45) is 1.34. The van der Waals surface area contributed by atoms with Crippen LogP contribution in [0.15, 0.2) is 35.3 Å². The second kappa shape index (κ2) is 14.4. The van der Waals surface area contributed by atoms with Gasteiger partial charge in [0.25, 0.3) is 0 Å². The molecule has 1 N–H and O–H groups in total. The van der Waals surface area contributed by atoms with Crippen LogP contribution in [0.25, 0.3) is 0 Å². The van der Waals surface area contributed by atoms with Crippen LogP contribution in [0.5, 0.6) is 0 Å². The van der Waals surface area contributed by atoms with Gasteiger partial charge in [-0.15, -0.1) is 24.9 Å². The third-order valence-electron chi connectivity index (χ3n) is 2.91. The van der Waals surface area contributed by atoms with Crippen molar-refractivity contribution in [3.8, 4) is 0 Å². The van der Waals surface area contributed by atoms with E-state index in [0.717, 1.165) is 23.3 Å². The monoisotopic (exact) mass is 327 g/mol. The van der Waals surface area contributed by atoms with Crippen LogP contribution >= 0.6 is 11.8 Å². The quantitative estimate of drug-likeness (QED) is 0.618. The second-order valence-electron chi connectivity index (χ2n) is 4.03. The minimum absolute atomic E-state index is 0.0430. The molecule has 0 aromatic heterocycles. The first-order chi connectivity index (χ1) is 10.6. The minimum Gasteiger partial charge on any atom is -0.466 e. The predicted octanol–water partition coefficient (Wildman–Crippen LogP) is 3.85. The number of hydrogen-bond donors (Lipinski definition) is 1. The molecule has 1 rings (SSSR count). The van der Waals surface area contributed by atoms with E-state index >= 15 is 0 Å².